The average Bonchev–Trinajstić information content (AvgIpc) is 3.03. The number of amides is 1. The molecule has 1 aliphatic heterocycles. The number of H-pyrrole nitrogens is 1. The Morgan fingerprint density at radius 2 is 2.36 bits per heavy atom. The Kier molecular flexibility index (Phi) is 4.20. The van der Waals surface area contributed by atoms with E-state index in [-0.39, 0.29) is 24.2 Å². The highest BCUT2D eigenvalue weighted by Gasteiger charge is 2.31. The SMILES string of the molecule is O=C(c1cnc[nH]1)N1CC[C@H](Cc2cccc(F)c2)[C@@H](O)C1. The summed E-state index contributed by atoms with van der Waals surface area (Å²) in [6.07, 6.45) is 3.64. The predicted octanol–water partition coefficient (Wildman–Crippen LogP) is 1.61. The van der Waals surface area contributed by atoms with Crippen LogP contribution in [0, 0.1) is 11.7 Å². The van der Waals surface area contributed by atoms with Gasteiger partial charge in [-0.2, -0.15) is 0 Å². The first-order valence-corrected chi connectivity index (χ1v) is 7.33. The standard InChI is InChI=1S/C16H18FN3O2/c17-13-3-1-2-11(7-13)6-12-4-5-20(9-15(12)21)16(22)14-8-18-10-19-14/h1-3,7-8,10,12,15,21H,4-6,9H2,(H,18,19)/t12-,15+/m1/s1. The maximum absolute atomic E-state index is 13.2. The molecule has 1 fully saturated rings. The molecule has 1 amide bonds. The first-order valence-electron chi connectivity index (χ1n) is 7.33. The minimum absolute atomic E-state index is 0.0348. The Hall–Kier alpha value is -2.21. The first kappa shape index (κ1) is 14.7. The van der Waals surface area contributed by atoms with Gasteiger partial charge in [-0.3, -0.25) is 4.79 Å². The minimum Gasteiger partial charge on any atom is -0.391 e. The monoisotopic (exact) mass is 303 g/mol. The van der Waals surface area contributed by atoms with Crippen molar-refractivity contribution in [1.29, 1.82) is 0 Å². The quantitative estimate of drug-likeness (QED) is 0.905. The highest BCUT2D eigenvalue weighted by atomic mass is 19.1. The summed E-state index contributed by atoms with van der Waals surface area (Å²) >= 11 is 0. The van der Waals surface area contributed by atoms with E-state index in [2.05, 4.69) is 9.97 Å². The van der Waals surface area contributed by atoms with Crippen LogP contribution < -0.4 is 0 Å². The molecule has 0 aliphatic carbocycles. The van der Waals surface area contributed by atoms with Crippen LogP contribution in [0.25, 0.3) is 0 Å². The molecular formula is C16H18FN3O2. The van der Waals surface area contributed by atoms with Crippen LogP contribution in [0.2, 0.25) is 0 Å². The molecule has 1 aliphatic rings. The fraction of sp³-hybridized carbons (Fsp3) is 0.375. The summed E-state index contributed by atoms with van der Waals surface area (Å²) in [5, 5.41) is 10.3. The number of aliphatic hydroxyl groups excluding tert-OH is 1. The van der Waals surface area contributed by atoms with Crippen LogP contribution in [-0.2, 0) is 6.42 Å². The van der Waals surface area contributed by atoms with Gasteiger partial charge in [-0.25, -0.2) is 9.37 Å². The third kappa shape index (κ3) is 3.17. The van der Waals surface area contributed by atoms with Crippen molar-refractivity contribution in [1.82, 2.24) is 14.9 Å². The number of hydrogen-bond acceptors (Lipinski definition) is 3. The van der Waals surface area contributed by atoms with Crippen molar-refractivity contribution < 1.29 is 14.3 Å². The number of β-amino-alcohol motifs (C(OH)–C–C–N with tert-alkyl or cyclic N) is 1. The van der Waals surface area contributed by atoms with Gasteiger partial charge in [0.25, 0.3) is 5.91 Å². The number of nitrogens with zero attached hydrogens (tertiary/aromatic N) is 2. The van der Waals surface area contributed by atoms with E-state index < -0.39 is 6.10 Å². The van der Waals surface area contributed by atoms with Gasteiger partial charge in [0.2, 0.25) is 0 Å². The number of aromatic nitrogens is 2. The zero-order chi connectivity index (χ0) is 15.5. The Morgan fingerprint density at radius 3 is 3.05 bits per heavy atom. The zero-order valence-corrected chi connectivity index (χ0v) is 12.1. The van der Waals surface area contributed by atoms with Crippen LogP contribution in [0.3, 0.4) is 0 Å². The van der Waals surface area contributed by atoms with Gasteiger partial charge in [0.15, 0.2) is 0 Å². The number of imidazole rings is 1. The number of aromatic amines is 1. The van der Waals surface area contributed by atoms with E-state index in [9.17, 15) is 14.3 Å². The van der Waals surface area contributed by atoms with Gasteiger partial charge >= 0.3 is 0 Å². The van der Waals surface area contributed by atoms with E-state index in [1.165, 1.54) is 24.7 Å². The van der Waals surface area contributed by atoms with Gasteiger partial charge in [0, 0.05) is 13.1 Å². The number of hydrogen-bond donors (Lipinski definition) is 2. The summed E-state index contributed by atoms with van der Waals surface area (Å²) in [7, 11) is 0. The number of halogens is 1. The predicted molar refractivity (Wildman–Crippen MR) is 78.7 cm³/mol. The van der Waals surface area contributed by atoms with E-state index in [0.29, 0.717) is 25.1 Å². The van der Waals surface area contributed by atoms with Gasteiger partial charge in [-0.05, 0) is 36.5 Å². The third-order valence-electron chi connectivity index (χ3n) is 4.12. The summed E-state index contributed by atoms with van der Waals surface area (Å²) < 4.78 is 13.2. The van der Waals surface area contributed by atoms with Crippen molar-refractivity contribution in [3.05, 3.63) is 53.9 Å². The summed E-state index contributed by atoms with van der Waals surface area (Å²) in [6.45, 7) is 0.868. The van der Waals surface area contributed by atoms with Crippen molar-refractivity contribution in [3.8, 4) is 0 Å². The van der Waals surface area contributed by atoms with Crippen LogP contribution in [0.5, 0.6) is 0 Å². The van der Waals surface area contributed by atoms with Gasteiger partial charge in [-0.1, -0.05) is 12.1 Å². The molecule has 1 aromatic heterocycles. The molecule has 1 aromatic carbocycles. The van der Waals surface area contributed by atoms with E-state index >= 15 is 0 Å². The molecule has 6 heteroatoms. The number of likely N-dealkylation sites (tertiary alicyclic amines) is 1. The lowest BCUT2D eigenvalue weighted by Gasteiger charge is -2.35. The first-order chi connectivity index (χ1) is 10.6. The molecule has 116 valence electrons. The molecule has 0 spiro atoms. The Balaban J connectivity index is 1.61. The highest BCUT2D eigenvalue weighted by molar-refractivity contribution is 5.92. The maximum Gasteiger partial charge on any atom is 0.272 e. The number of nitrogens with one attached hydrogen (secondary N) is 1. The molecule has 5 nitrogen and oxygen atoms in total. The van der Waals surface area contributed by atoms with E-state index in [1.807, 2.05) is 6.07 Å². The Morgan fingerprint density at radius 1 is 1.50 bits per heavy atom. The fourth-order valence-corrected chi connectivity index (χ4v) is 2.91. The molecule has 0 unspecified atom stereocenters. The van der Waals surface area contributed by atoms with Crippen LogP contribution in [0.1, 0.15) is 22.5 Å². The van der Waals surface area contributed by atoms with Crippen molar-refractivity contribution in [2.75, 3.05) is 13.1 Å². The van der Waals surface area contributed by atoms with Gasteiger partial charge < -0.3 is 15.0 Å². The number of rotatable bonds is 3. The van der Waals surface area contributed by atoms with Crippen LogP contribution in [0.4, 0.5) is 4.39 Å². The molecule has 0 saturated carbocycles. The largest absolute Gasteiger partial charge is 0.391 e. The topological polar surface area (TPSA) is 69.2 Å². The highest BCUT2D eigenvalue weighted by Crippen LogP contribution is 2.23. The lowest BCUT2D eigenvalue weighted by atomic mass is 9.87. The van der Waals surface area contributed by atoms with Crippen molar-refractivity contribution >= 4 is 5.91 Å². The summed E-state index contributed by atoms with van der Waals surface area (Å²) in [5.74, 6) is -0.382. The molecule has 1 saturated heterocycles. The fourth-order valence-electron chi connectivity index (χ4n) is 2.91. The second kappa shape index (κ2) is 6.27. The molecular weight excluding hydrogens is 285 g/mol. The van der Waals surface area contributed by atoms with Crippen LogP contribution in [0.15, 0.2) is 36.8 Å². The average molecular weight is 303 g/mol. The smallest absolute Gasteiger partial charge is 0.272 e. The zero-order valence-electron chi connectivity index (χ0n) is 12.1. The lowest BCUT2D eigenvalue weighted by molar-refractivity contribution is 0.0195. The number of benzene rings is 1. The van der Waals surface area contributed by atoms with Gasteiger partial charge in [0.1, 0.15) is 11.5 Å². The van der Waals surface area contributed by atoms with Crippen molar-refractivity contribution in [2.24, 2.45) is 5.92 Å². The van der Waals surface area contributed by atoms with Crippen molar-refractivity contribution in [3.63, 3.8) is 0 Å². The second-order valence-electron chi connectivity index (χ2n) is 5.67. The van der Waals surface area contributed by atoms with Crippen molar-refractivity contribution in [2.45, 2.75) is 18.9 Å². The normalized spacial score (nSPS) is 21.8. The number of carbonyl (C=O) groups is 1. The van der Waals surface area contributed by atoms with E-state index in [0.717, 1.165) is 5.56 Å². The van der Waals surface area contributed by atoms with Crippen LogP contribution >= 0.6 is 0 Å². The number of carbonyl (C=O) groups excluding carboxylic acids is 1. The number of piperidine rings is 1. The third-order valence-corrected chi connectivity index (χ3v) is 4.12. The van der Waals surface area contributed by atoms with E-state index in [1.54, 1.807) is 11.0 Å². The molecule has 2 atom stereocenters. The van der Waals surface area contributed by atoms with Crippen LogP contribution in [-0.4, -0.2) is 45.1 Å². The van der Waals surface area contributed by atoms with Gasteiger partial charge in [-0.15, -0.1) is 0 Å². The molecule has 2 N–H and O–H groups in total. The molecule has 2 aromatic rings. The Bertz CT molecular complexity index is 645. The minimum atomic E-state index is -0.608. The summed E-state index contributed by atoms with van der Waals surface area (Å²) in [5.41, 5.74) is 1.30. The molecule has 22 heavy (non-hydrogen) atoms. The van der Waals surface area contributed by atoms with Gasteiger partial charge in [0.05, 0.1) is 18.6 Å². The molecule has 0 bridgehead atoms. The lowest BCUT2D eigenvalue weighted by Crippen LogP contribution is -2.47. The Labute approximate surface area is 127 Å². The molecule has 2 heterocycles. The molecule has 3 rings (SSSR count). The maximum atomic E-state index is 13.2. The number of aliphatic hydroxyl groups is 1. The summed E-state index contributed by atoms with van der Waals surface area (Å²) in [6, 6.07) is 6.44. The summed E-state index contributed by atoms with van der Waals surface area (Å²) in [4.78, 5) is 20.5. The molecule has 0 radical (unpaired) electrons. The second-order valence-corrected chi connectivity index (χ2v) is 5.67. The van der Waals surface area contributed by atoms with E-state index in [4.69, 9.17) is 0 Å².